The van der Waals surface area contributed by atoms with E-state index in [9.17, 15) is 14.7 Å². The molecule has 2 aliphatic carbocycles. The molecule has 8 nitrogen and oxygen atoms in total. The molecule has 1 saturated heterocycles. The molecule has 2 amide bonds. The summed E-state index contributed by atoms with van der Waals surface area (Å²) < 4.78 is 6.00. The van der Waals surface area contributed by atoms with Gasteiger partial charge >= 0.3 is 11.8 Å². The third kappa shape index (κ3) is 7.38. The second-order valence-electron chi connectivity index (χ2n) is 9.53. The number of anilines is 1. The van der Waals surface area contributed by atoms with Crippen molar-refractivity contribution in [2.24, 2.45) is 5.92 Å². The van der Waals surface area contributed by atoms with Crippen LogP contribution < -0.4 is 15.5 Å². The van der Waals surface area contributed by atoms with Crippen LogP contribution in [0.3, 0.4) is 0 Å². The number of nitrogens with one attached hydrogen (secondary N) is 2. The number of hydrogen-bond acceptors (Lipinski definition) is 6. The third-order valence-electron chi connectivity index (χ3n) is 6.81. The van der Waals surface area contributed by atoms with Crippen LogP contribution in [0.25, 0.3) is 0 Å². The predicted octanol–water partition coefficient (Wildman–Crippen LogP) is 5.68. The highest BCUT2D eigenvalue weighted by Gasteiger charge is 2.24. The summed E-state index contributed by atoms with van der Waals surface area (Å²) in [4.78, 5) is 25.2. The second-order valence-corrected chi connectivity index (χ2v) is 10.3. The average molecular weight is 548 g/mol. The zero-order valence-electron chi connectivity index (χ0n) is 20.4. The number of aliphatic hydroxyl groups is 1. The molecule has 0 radical (unpaired) electrons. The lowest BCUT2D eigenvalue weighted by Gasteiger charge is -2.33. The van der Waals surface area contributed by atoms with E-state index in [4.69, 9.17) is 33.1 Å². The maximum absolute atomic E-state index is 11.7. The molecule has 10 heteroatoms. The van der Waals surface area contributed by atoms with Gasteiger partial charge in [0.05, 0.1) is 15.8 Å². The summed E-state index contributed by atoms with van der Waals surface area (Å²) in [5.74, 6) is -0.392. The van der Waals surface area contributed by atoms with Gasteiger partial charge in [-0.15, -0.1) is 0 Å². The van der Waals surface area contributed by atoms with Crippen LogP contribution in [0.15, 0.2) is 59.1 Å². The molecule has 0 aromatic heterocycles. The number of carbonyl (C=O) groups excluding carboxylic acids is 2. The van der Waals surface area contributed by atoms with Crippen LogP contribution in [-0.2, 0) is 9.59 Å². The molecule has 1 fully saturated rings. The fraction of sp³-hybridized carbons (Fsp3) is 0.407. The summed E-state index contributed by atoms with van der Waals surface area (Å²) in [5.41, 5.74) is 3.71. The zero-order chi connectivity index (χ0) is 26.4. The van der Waals surface area contributed by atoms with Crippen molar-refractivity contribution in [1.29, 1.82) is 0 Å². The minimum atomic E-state index is -1.22. The normalized spacial score (nSPS) is 18.8. The van der Waals surface area contributed by atoms with Crippen molar-refractivity contribution in [2.45, 2.75) is 44.9 Å². The summed E-state index contributed by atoms with van der Waals surface area (Å²) in [6.07, 6.45) is 15.4. The number of hydroxylamine groups is 1. The van der Waals surface area contributed by atoms with Gasteiger partial charge in [-0.05, 0) is 69.3 Å². The van der Waals surface area contributed by atoms with Crippen LogP contribution >= 0.6 is 23.2 Å². The highest BCUT2D eigenvalue weighted by atomic mass is 35.5. The fourth-order valence-corrected chi connectivity index (χ4v) is 5.37. The summed E-state index contributed by atoms with van der Waals surface area (Å²) in [7, 11) is 0. The number of ether oxygens (including phenoxy) is 1. The quantitative estimate of drug-likeness (QED) is 0.198. The van der Waals surface area contributed by atoms with E-state index in [0.29, 0.717) is 36.8 Å². The number of likely N-dealkylation sites (tertiary alicyclic amines) is 1. The Morgan fingerprint density at radius 2 is 1.81 bits per heavy atom. The first-order chi connectivity index (χ1) is 17.8. The lowest BCUT2D eigenvalue weighted by atomic mass is 9.88. The molecule has 0 atom stereocenters. The standard InChI is InChI=1S/C27H31Cl2N3O5/c28-22-14-20(30-26(34)27(35)31-36)15-23(29)25(22)37-21-6-7-24(33)19(13-21)16-32-10-8-18(9-11-32)12-17-4-2-1-3-5-17/h2,4-5,13-15,18,33,36H,1,3,6-12,16H2,(H,30,34)(H,31,35). The van der Waals surface area contributed by atoms with Gasteiger partial charge in [-0.2, -0.15) is 0 Å². The number of nitrogens with zero attached hydrogens (tertiary/aromatic N) is 1. The Morgan fingerprint density at radius 1 is 1.08 bits per heavy atom. The molecule has 0 unspecified atom stereocenters. The number of halogens is 2. The first kappa shape index (κ1) is 27.3. The number of hydrogen-bond donors (Lipinski definition) is 4. The zero-order valence-corrected chi connectivity index (χ0v) is 21.9. The number of aliphatic hydroxyl groups excluding tert-OH is 1. The van der Waals surface area contributed by atoms with Gasteiger partial charge in [0, 0.05) is 30.6 Å². The topological polar surface area (TPSA) is 111 Å². The maximum Gasteiger partial charge on any atom is 0.332 e. The van der Waals surface area contributed by atoms with Gasteiger partial charge in [-0.25, -0.2) is 5.48 Å². The van der Waals surface area contributed by atoms with E-state index in [0.717, 1.165) is 50.8 Å². The van der Waals surface area contributed by atoms with Crippen molar-refractivity contribution in [2.75, 3.05) is 25.0 Å². The first-order valence-electron chi connectivity index (χ1n) is 12.4. The number of piperidine rings is 1. The minimum Gasteiger partial charge on any atom is -0.512 e. The maximum atomic E-state index is 11.7. The molecular weight excluding hydrogens is 517 g/mol. The molecule has 0 saturated carbocycles. The Kier molecular flexibility index (Phi) is 9.32. The van der Waals surface area contributed by atoms with Gasteiger partial charge in [0.15, 0.2) is 5.75 Å². The first-order valence-corrected chi connectivity index (χ1v) is 13.2. The van der Waals surface area contributed by atoms with Crippen molar-refractivity contribution in [3.8, 4) is 5.75 Å². The van der Waals surface area contributed by atoms with Crippen LogP contribution in [0.5, 0.6) is 5.75 Å². The Bertz CT molecular complexity index is 1140. The minimum absolute atomic E-state index is 0.137. The lowest BCUT2D eigenvalue weighted by Crippen LogP contribution is -2.35. The molecule has 1 heterocycles. The molecule has 37 heavy (non-hydrogen) atoms. The second kappa shape index (κ2) is 12.6. The van der Waals surface area contributed by atoms with Crippen LogP contribution in [0, 0.1) is 5.92 Å². The molecule has 198 valence electrons. The Hall–Kier alpha value is -2.78. The highest BCUT2D eigenvalue weighted by Crippen LogP contribution is 2.39. The smallest absolute Gasteiger partial charge is 0.332 e. The van der Waals surface area contributed by atoms with Gasteiger partial charge < -0.3 is 15.2 Å². The molecule has 1 aromatic rings. The number of carbonyl (C=O) groups is 2. The van der Waals surface area contributed by atoms with E-state index in [1.807, 2.05) is 6.08 Å². The van der Waals surface area contributed by atoms with Crippen molar-refractivity contribution in [1.82, 2.24) is 10.4 Å². The van der Waals surface area contributed by atoms with Crippen molar-refractivity contribution >= 4 is 40.7 Å². The van der Waals surface area contributed by atoms with E-state index >= 15 is 0 Å². The van der Waals surface area contributed by atoms with Crippen LogP contribution in [0.1, 0.15) is 44.9 Å². The average Bonchev–Trinajstić information content (AvgIpc) is 2.89. The van der Waals surface area contributed by atoms with Gasteiger partial charge in [0.2, 0.25) is 0 Å². The van der Waals surface area contributed by atoms with Crippen LogP contribution in [0.4, 0.5) is 5.69 Å². The monoisotopic (exact) mass is 547 g/mol. The van der Waals surface area contributed by atoms with Gasteiger partial charge in [-0.3, -0.25) is 19.7 Å². The van der Waals surface area contributed by atoms with Gasteiger partial charge in [0.25, 0.3) is 0 Å². The molecule has 4 rings (SSSR count). The molecule has 1 aromatic carbocycles. The highest BCUT2D eigenvalue weighted by molar-refractivity contribution is 6.40. The van der Waals surface area contributed by atoms with Gasteiger partial charge in [0.1, 0.15) is 5.76 Å². The molecule has 3 aliphatic rings. The van der Waals surface area contributed by atoms with Crippen LogP contribution in [-0.4, -0.2) is 46.7 Å². The lowest BCUT2D eigenvalue weighted by molar-refractivity contribution is -0.141. The number of amides is 2. The fourth-order valence-electron chi connectivity index (χ4n) is 4.81. The third-order valence-corrected chi connectivity index (χ3v) is 7.37. The summed E-state index contributed by atoms with van der Waals surface area (Å²) >= 11 is 12.7. The SMILES string of the molecule is O=C(NO)C(=O)Nc1cc(Cl)c(OC2=CC(CN3CCC(CC4=CCCC=C4)CC3)=C(O)CC2)c(Cl)c1. The Labute approximate surface area is 226 Å². The van der Waals surface area contributed by atoms with Gasteiger partial charge in [-0.1, -0.05) is 47.0 Å². The molecule has 4 N–H and O–H groups in total. The summed E-state index contributed by atoms with van der Waals surface area (Å²) in [5, 5.41) is 21.7. The summed E-state index contributed by atoms with van der Waals surface area (Å²) in [6, 6.07) is 2.79. The van der Waals surface area contributed by atoms with E-state index in [2.05, 4.69) is 28.4 Å². The molecule has 0 bridgehead atoms. The summed E-state index contributed by atoms with van der Waals surface area (Å²) in [6.45, 7) is 2.62. The Balaban J connectivity index is 1.35. The van der Waals surface area contributed by atoms with Crippen molar-refractivity contribution in [3.63, 3.8) is 0 Å². The van der Waals surface area contributed by atoms with Crippen molar-refractivity contribution in [3.05, 3.63) is 69.1 Å². The number of benzene rings is 1. The van der Waals surface area contributed by atoms with Crippen molar-refractivity contribution < 1.29 is 24.6 Å². The predicted molar refractivity (Wildman–Crippen MR) is 143 cm³/mol. The largest absolute Gasteiger partial charge is 0.512 e. The molecule has 0 spiro atoms. The van der Waals surface area contributed by atoms with E-state index in [-0.39, 0.29) is 21.5 Å². The molecule has 1 aliphatic heterocycles. The molecular formula is C27H31Cl2N3O5. The van der Waals surface area contributed by atoms with E-state index in [1.165, 1.54) is 23.2 Å². The van der Waals surface area contributed by atoms with Crippen LogP contribution in [0.2, 0.25) is 10.0 Å². The Morgan fingerprint density at radius 3 is 2.46 bits per heavy atom. The van der Waals surface area contributed by atoms with E-state index in [1.54, 1.807) is 0 Å². The van der Waals surface area contributed by atoms with E-state index < -0.39 is 11.8 Å². The number of rotatable bonds is 7. The number of allylic oxidation sites excluding steroid dienone is 6.